The van der Waals surface area contributed by atoms with Crippen LogP contribution in [0.4, 0.5) is 10.1 Å². The molecule has 0 saturated carbocycles. The number of anilines is 1. The number of carbonyl (C=O) groups excluding carboxylic acids is 1. The molecule has 0 unspecified atom stereocenters. The van der Waals surface area contributed by atoms with E-state index in [0.29, 0.717) is 36.6 Å². The molecular weight excluding hydrogens is 361 g/mol. The van der Waals surface area contributed by atoms with Gasteiger partial charge >= 0.3 is 0 Å². The SMILES string of the molecule is C[C@H]1COc2c(N3CCN(C)CC3)c(F)cc3c(=O)c(C(=O)Cl)cn1c23. The standard InChI is InChI=1S/C18H19ClFN3O3/c1-10-9-26-17-14-11(16(24)12(18(19)25)8-23(10)14)7-13(20)15(17)22-5-3-21(2)4-6-22/h7-8,10H,3-6,9H2,1-2H3/t10-/m0/s1. The predicted molar refractivity (Wildman–Crippen MR) is 98.3 cm³/mol. The van der Waals surface area contributed by atoms with E-state index >= 15 is 4.39 Å². The van der Waals surface area contributed by atoms with Crippen molar-refractivity contribution < 1.29 is 13.9 Å². The van der Waals surface area contributed by atoms with Gasteiger partial charge in [0.05, 0.1) is 22.5 Å². The molecule has 0 radical (unpaired) electrons. The molecule has 2 aliphatic heterocycles. The highest BCUT2D eigenvalue weighted by Gasteiger charge is 2.30. The van der Waals surface area contributed by atoms with E-state index in [9.17, 15) is 9.59 Å². The normalized spacial score (nSPS) is 20.3. The Morgan fingerprint density at radius 3 is 2.65 bits per heavy atom. The first kappa shape index (κ1) is 17.3. The number of hydrogen-bond donors (Lipinski definition) is 0. The molecule has 6 nitrogen and oxygen atoms in total. The van der Waals surface area contributed by atoms with E-state index in [4.69, 9.17) is 16.3 Å². The third-order valence-electron chi connectivity index (χ3n) is 5.17. The van der Waals surface area contributed by atoms with Gasteiger partial charge in [-0.25, -0.2) is 4.39 Å². The van der Waals surface area contributed by atoms with Crippen molar-refractivity contribution in [1.29, 1.82) is 0 Å². The third kappa shape index (κ3) is 2.57. The summed E-state index contributed by atoms with van der Waals surface area (Å²) >= 11 is 5.56. The molecule has 0 bridgehead atoms. The van der Waals surface area contributed by atoms with Crippen LogP contribution in [0.1, 0.15) is 23.3 Å². The molecule has 1 saturated heterocycles. The van der Waals surface area contributed by atoms with Crippen molar-refractivity contribution in [3.63, 3.8) is 0 Å². The number of hydrogen-bond acceptors (Lipinski definition) is 5. The number of piperazine rings is 1. The number of pyridine rings is 1. The molecule has 2 aliphatic rings. The number of aromatic nitrogens is 1. The summed E-state index contributed by atoms with van der Waals surface area (Å²) in [5.41, 5.74) is 0.186. The summed E-state index contributed by atoms with van der Waals surface area (Å²) in [7, 11) is 2.03. The summed E-state index contributed by atoms with van der Waals surface area (Å²) in [5.74, 6) is -0.150. The summed E-state index contributed by atoms with van der Waals surface area (Å²) in [5, 5.41) is -0.724. The van der Waals surface area contributed by atoms with Gasteiger partial charge in [0.15, 0.2) is 11.6 Å². The average molecular weight is 380 g/mol. The summed E-state index contributed by atoms with van der Waals surface area (Å²) in [6, 6.07) is 1.10. The van der Waals surface area contributed by atoms with Crippen molar-refractivity contribution in [2.75, 3.05) is 44.7 Å². The topological polar surface area (TPSA) is 54.8 Å². The highest BCUT2D eigenvalue weighted by molar-refractivity contribution is 6.67. The molecule has 0 aliphatic carbocycles. The Bertz CT molecular complexity index is 967. The Hall–Kier alpha value is -2.12. The summed E-state index contributed by atoms with van der Waals surface area (Å²) in [6.45, 7) is 5.22. The van der Waals surface area contributed by atoms with Gasteiger partial charge in [-0.1, -0.05) is 0 Å². The number of halogens is 2. The lowest BCUT2D eigenvalue weighted by atomic mass is 10.1. The van der Waals surface area contributed by atoms with E-state index in [-0.39, 0.29) is 17.0 Å². The van der Waals surface area contributed by atoms with Crippen LogP contribution < -0.4 is 15.1 Å². The Morgan fingerprint density at radius 2 is 2.00 bits per heavy atom. The highest BCUT2D eigenvalue weighted by Crippen LogP contribution is 2.42. The number of ether oxygens (including phenoxy) is 1. The van der Waals surface area contributed by atoms with Crippen molar-refractivity contribution in [2.45, 2.75) is 13.0 Å². The maximum absolute atomic E-state index is 15.0. The largest absolute Gasteiger partial charge is 0.487 e. The lowest BCUT2D eigenvalue weighted by Gasteiger charge is -2.37. The lowest BCUT2D eigenvalue weighted by Crippen LogP contribution is -2.45. The van der Waals surface area contributed by atoms with Crippen LogP contribution in [0.2, 0.25) is 0 Å². The summed E-state index contributed by atoms with van der Waals surface area (Å²) in [6.07, 6.45) is 1.46. The Kier molecular flexibility index (Phi) is 4.16. The first-order chi connectivity index (χ1) is 12.4. The van der Waals surface area contributed by atoms with Crippen LogP contribution in [0, 0.1) is 5.82 Å². The van der Waals surface area contributed by atoms with Gasteiger partial charge < -0.3 is 19.1 Å². The zero-order valence-electron chi connectivity index (χ0n) is 14.6. The monoisotopic (exact) mass is 379 g/mol. The lowest BCUT2D eigenvalue weighted by molar-refractivity contribution is 0.107. The molecule has 1 aromatic carbocycles. The zero-order chi connectivity index (χ0) is 18.6. The molecule has 8 heteroatoms. The molecular formula is C18H19ClFN3O3. The first-order valence-corrected chi connectivity index (χ1v) is 8.93. The van der Waals surface area contributed by atoms with Gasteiger partial charge in [-0.05, 0) is 31.6 Å². The molecule has 4 rings (SSSR count). The third-order valence-corrected chi connectivity index (χ3v) is 5.38. The second-order valence-electron chi connectivity index (χ2n) is 6.94. The average Bonchev–Trinajstić information content (AvgIpc) is 2.60. The van der Waals surface area contributed by atoms with Crippen LogP contribution in [0.3, 0.4) is 0 Å². The highest BCUT2D eigenvalue weighted by atomic mass is 35.5. The van der Waals surface area contributed by atoms with Gasteiger partial charge in [0.25, 0.3) is 5.24 Å². The number of rotatable bonds is 2. The second-order valence-corrected chi connectivity index (χ2v) is 7.28. The molecule has 0 spiro atoms. The molecule has 0 N–H and O–H groups in total. The van der Waals surface area contributed by atoms with E-state index < -0.39 is 16.5 Å². The quantitative estimate of drug-likeness (QED) is 0.749. The van der Waals surface area contributed by atoms with E-state index in [1.165, 1.54) is 12.3 Å². The zero-order valence-corrected chi connectivity index (χ0v) is 15.3. The minimum Gasteiger partial charge on any atom is -0.487 e. The molecule has 1 atom stereocenters. The summed E-state index contributed by atoms with van der Waals surface area (Å²) in [4.78, 5) is 28.4. The van der Waals surface area contributed by atoms with E-state index in [2.05, 4.69) is 4.90 Å². The summed E-state index contributed by atoms with van der Waals surface area (Å²) < 4.78 is 22.7. The Balaban J connectivity index is 2.00. The minimum absolute atomic E-state index is 0.105. The second kappa shape index (κ2) is 6.25. The number of carbonyl (C=O) groups is 1. The molecule has 26 heavy (non-hydrogen) atoms. The van der Waals surface area contributed by atoms with E-state index in [1.54, 1.807) is 4.57 Å². The fourth-order valence-electron chi connectivity index (χ4n) is 3.68. The van der Waals surface area contributed by atoms with Gasteiger partial charge in [0.2, 0.25) is 5.43 Å². The molecule has 1 aromatic heterocycles. The Labute approximate surface area is 154 Å². The van der Waals surface area contributed by atoms with Crippen molar-refractivity contribution in [1.82, 2.24) is 9.47 Å². The van der Waals surface area contributed by atoms with E-state index in [0.717, 1.165) is 13.1 Å². The van der Waals surface area contributed by atoms with Crippen molar-refractivity contribution >= 4 is 33.4 Å². The minimum atomic E-state index is -0.843. The van der Waals surface area contributed by atoms with Crippen LogP contribution in [-0.2, 0) is 0 Å². The molecule has 1 fully saturated rings. The predicted octanol–water partition coefficient (Wildman–Crippen LogP) is 2.22. The van der Waals surface area contributed by atoms with Crippen LogP contribution in [0.15, 0.2) is 17.1 Å². The van der Waals surface area contributed by atoms with Crippen LogP contribution in [0.5, 0.6) is 5.75 Å². The Morgan fingerprint density at radius 1 is 1.31 bits per heavy atom. The van der Waals surface area contributed by atoms with Gasteiger partial charge in [0, 0.05) is 32.4 Å². The first-order valence-electron chi connectivity index (χ1n) is 8.56. The van der Waals surface area contributed by atoms with Crippen molar-refractivity contribution in [2.24, 2.45) is 0 Å². The maximum atomic E-state index is 15.0. The molecule has 0 amide bonds. The van der Waals surface area contributed by atoms with Gasteiger partial charge in [-0.2, -0.15) is 0 Å². The number of benzene rings is 1. The van der Waals surface area contributed by atoms with Gasteiger partial charge in [-0.3, -0.25) is 9.59 Å². The smallest absolute Gasteiger partial charge is 0.257 e. The van der Waals surface area contributed by atoms with E-state index in [1.807, 2.05) is 18.9 Å². The molecule has 138 valence electrons. The van der Waals surface area contributed by atoms with Crippen LogP contribution in [-0.4, -0.2) is 54.5 Å². The fraction of sp³-hybridized carbons (Fsp3) is 0.444. The fourth-order valence-corrected chi connectivity index (χ4v) is 3.81. The maximum Gasteiger partial charge on any atom is 0.257 e. The van der Waals surface area contributed by atoms with Gasteiger partial charge in [-0.15, -0.1) is 0 Å². The molecule has 3 heterocycles. The van der Waals surface area contributed by atoms with Gasteiger partial charge in [0.1, 0.15) is 12.3 Å². The number of likely N-dealkylation sites (N-methyl/N-ethyl adjacent to an activating group) is 1. The van der Waals surface area contributed by atoms with Crippen LogP contribution >= 0.6 is 11.6 Å². The van der Waals surface area contributed by atoms with Crippen molar-refractivity contribution in [3.05, 3.63) is 33.9 Å². The molecule has 2 aromatic rings. The van der Waals surface area contributed by atoms with Crippen molar-refractivity contribution in [3.8, 4) is 5.75 Å². The van der Waals surface area contributed by atoms with Crippen LogP contribution in [0.25, 0.3) is 10.9 Å². The number of nitrogens with zero attached hydrogens (tertiary/aromatic N) is 3.